The Kier molecular flexibility index (Phi) is 10.7. The molecular formula is C28H30N4O4S2. The van der Waals surface area contributed by atoms with Crippen molar-refractivity contribution in [2.45, 2.75) is 51.0 Å². The third kappa shape index (κ3) is 9.60. The van der Waals surface area contributed by atoms with Crippen LogP contribution in [0.2, 0.25) is 0 Å². The van der Waals surface area contributed by atoms with Gasteiger partial charge in [-0.2, -0.15) is 0 Å². The van der Waals surface area contributed by atoms with Crippen molar-refractivity contribution in [3.05, 3.63) is 105 Å². The smallest absolute Gasteiger partial charge is 0.407 e. The van der Waals surface area contributed by atoms with Gasteiger partial charge in [-0.25, -0.2) is 9.59 Å². The summed E-state index contributed by atoms with van der Waals surface area (Å²) in [6.07, 6.45) is 4.98. The Morgan fingerprint density at radius 2 is 1.11 bits per heavy atom. The third-order valence-corrected chi connectivity index (χ3v) is 7.32. The second-order valence-corrected chi connectivity index (χ2v) is 10.7. The summed E-state index contributed by atoms with van der Waals surface area (Å²) >= 11 is 2.88. The number of nitrogens with one attached hydrogen (secondary N) is 2. The molecule has 0 saturated carbocycles. The van der Waals surface area contributed by atoms with Crippen LogP contribution in [0.3, 0.4) is 0 Å². The van der Waals surface area contributed by atoms with Crippen molar-refractivity contribution in [2.75, 3.05) is 0 Å². The van der Waals surface area contributed by atoms with Gasteiger partial charge in [0.25, 0.3) is 0 Å². The zero-order valence-corrected chi connectivity index (χ0v) is 22.5. The number of carbonyl (C=O) groups is 2. The van der Waals surface area contributed by atoms with E-state index in [0.29, 0.717) is 25.7 Å². The lowest BCUT2D eigenvalue weighted by molar-refractivity contribution is 0.132. The lowest BCUT2D eigenvalue weighted by atomic mass is 9.96. The van der Waals surface area contributed by atoms with E-state index in [0.717, 1.165) is 20.9 Å². The predicted octanol–water partition coefficient (Wildman–Crippen LogP) is 5.76. The second-order valence-electron chi connectivity index (χ2n) is 8.73. The van der Waals surface area contributed by atoms with Gasteiger partial charge in [0, 0.05) is 24.5 Å². The van der Waals surface area contributed by atoms with Crippen molar-refractivity contribution in [2.24, 2.45) is 0 Å². The molecular weight excluding hydrogens is 520 g/mol. The Balaban J connectivity index is 1.38. The molecule has 8 nitrogen and oxygen atoms in total. The summed E-state index contributed by atoms with van der Waals surface area (Å²) in [4.78, 5) is 35.0. The molecule has 2 aromatic carbocycles. The van der Waals surface area contributed by atoms with Gasteiger partial charge in [-0.1, -0.05) is 60.7 Å². The maximum Gasteiger partial charge on any atom is 0.407 e. The first-order valence-electron chi connectivity index (χ1n) is 12.3. The first kappa shape index (κ1) is 27.3. The summed E-state index contributed by atoms with van der Waals surface area (Å²) in [7, 11) is 0. The van der Waals surface area contributed by atoms with Gasteiger partial charge in [0.1, 0.15) is 13.2 Å². The maximum absolute atomic E-state index is 12.6. The van der Waals surface area contributed by atoms with E-state index in [1.807, 2.05) is 60.7 Å². The van der Waals surface area contributed by atoms with Gasteiger partial charge in [0.05, 0.1) is 20.8 Å². The standard InChI is InChI=1S/C28H30N4O4S2/c33-27(35-17-25-15-29-19-37-25)31-23(13-21-7-3-1-4-8-21)11-12-24(14-22-9-5-2-6-10-22)32-28(34)36-18-26-16-30-20-38-26/h1-10,15-16,19-20,23-24H,11-14,17-18H2,(H,31,33)(H,32,34)/t23-,24?/m1/s1. The number of benzene rings is 2. The SMILES string of the molecule is O=C(NC(CC[C@H](Cc1ccccc1)NC(=O)OCc1cncs1)Cc1ccccc1)OCc1cncs1. The van der Waals surface area contributed by atoms with Crippen molar-refractivity contribution in [1.29, 1.82) is 0 Å². The van der Waals surface area contributed by atoms with E-state index in [9.17, 15) is 9.59 Å². The number of thiazole rings is 2. The molecule has 2 N–H and O–H groups in total. The number of rotatable bonds is 13. The van der Waals surface area contributed by atoms with E-state index in [1.54, 1.807) is 23.4 Å². The normalized spacial score (nSPS) is 12.3. The van der Waals surface area contributed by atoms with E-state index in [4.69, 9.17) is 9.47 Å². The van der Waals surface area contributed by atoms with Crippen molar-refractivity contribution in [1.82, 2.24) is 20.6 Å². The first-order chi connectivity index (χ1) is 18.6. The largest absolute Gasteiger partial charge is 0.444 e. The van der Waals surface area contributed by atoms with Crippen molar-refractivity contribution >= 4 is 34.9 Å². The number of alkyl carbamates (subject to hydrolysis) is 2. The van der Waals surface area contributed by atoms with E-state index >= 15 is 0 Å². The van der Waals surface area contributed by atoms with Crippen LogP contribution >= 0.6 is 22.7 Å². The predicted molar refractivity (Wildman–Crippen MR) is 148 cm³/mol. The Bertz CT molecular complexity index is 1120. The molecule has 0 fully saturated rings. The minimum atomic E-state index is -0.476. The summed E-state index contributed by atoms with van der Waals surface area (Å²) in [5.74, 6) is 0. The van der Waals surface area contributed by atoms with Gasteiger partial charge < -0.3 is 20.1 Å². The summed E-state index contributed by atoms with van der Waals surface area (Å²) in [6.45, 7) is 0.358. The Labute approximate surface area is 230 Å². The molecule has 2 amide bonds. The summed E-state index contributed by atoms with van der Waals surface area (Å²) < 4.78 is 10.8. The maximum atomic E-state index is 12.6. The lowest BCUT2D eigenvalue weighted by Gasteiger charge is -2.23. The number of ether oxygens (including phenoxy) is 2. The summed E-state index contributed by atoms with van der Waals surface area (Å²) in [5.41, 5.74) is 5.63. The number of amides is 2. The molecule has 4 rings (SSSR count). The quantitative estimate of drug-likeness (QED) is 0.220. The average molecular weight is 551 g/mol. The van der Waals surface area contributed by atoms with Crippen molar-refractivity contribution in [3.8, 4) is 0 Å². The number of carbonyl (C=O) groups excluding carboxylic acids is 2. The van der Waals surface area contributed by atoms with E-state index in [2.05, 4.69) is 20.6 Å². The Morgan fingerprint density at radius 3 is 1.47 bits per heavy atom. The molecule has 4 aromatic rings. The fraction of sp³-hybridized carbons (Fsp3) is 0.286. The third-order valence-electron chi connectivity index (χ3n) is 5.82. The van der Waals surface area contributed by atoms with Gasteiger partial charge in [0.15, 0.2) is 0 Å². The fourth-order valence-electron chi connectivity index (χ4n) is 3.97. The van der Waals surface area contributed by atoms with Gasteiger partial charge in [-0.05, 0) is 36.8 Å². The molecule has 2 heterocycles. The zero-order chi connectivity index (χ0) is 26.4. The molecule has 0 spiro atoms. The molecule has 2 aromatic heterocycles. The minimum Gasteiger partial charge on any atom is -0.444 e. The highest BCUT2D eigenvalue weighted by molar-refractivity contribution is 7.09. The van der Waals surface area contributed by atoms with Gasteiger partial charge in [0.2, 0.25) is 0 Å². The van der Waals surface area contributed by atoms with Crippen molar-refractivity contribution < 1.29 is 19.1 Å². The fourth-order valence-corrected chi connectivity index (χ4v) is 4.98. The van der Waals surface area contributed by atoms with Gasteiger partial charge >= 0.3 is 12.2 Å². The lowest BCUT2D eigenvalue weighted by Crippen LogP contribution is -2.41. The molecule has 0 aliphatic rings. The molecule has 198 valence electrons. The van der Waals surface area contributed by atoms with E-state index < -0.39 is 12.2 Å². The average Bonchev–Trinajstić information content (AvgIpc) is 3.65. The highest BCUT2D eigenvalue weighted by atomic mass is 32.1. The molecule has 1 unspecified atom stereocenters. The monoisotopic (exact) mass is 550 g/mol. The Morgan fingerprint density at radius 1 is 0.684 bits per heavy atom. The number of hydrogen-bond donors (Lipinski definition) is 2. The number of nitrogens with zero attached hydrogens (tertiary/aromatic N) is 2. The van der Waals surface area contributed by atoms with E-state index in [-0.39, 0.29) is 25.3 Å². The molecule has 0 saturated heterocycles. The highest BCUT2D eigenvalue weighted by Crippen LogP contribution is 2.15. The molecule has 0 radical (unpaired) electrons. The molecule has 0 aliphatic carbocycles. The summed E-state index contributed by atoms with van der Waals surface area (Å²) in [6, 6.07) is 19.6. The summed E-state index contributed by atoms with van der Waals surface area (Å²) in [5, 5.41) is 6.04. The van der Waals surface area contributed by atoms with Crippen LogP contribution in [0.25, 0.3) is 0 Å². The van der Waals surface area contributed by atoms with Crippen molar-refractivity contribution in [3.63, 3.8) is 0 Å². The molecule has 10 heteroatoms. The van der Waals surface area contributed by atoms with Crippen LogP contribution in [-0.2, 0) is 35.5 Å². The van der Waals surface area contributed by atoms with Crippen LogP contribution in [-0.4, -0.2) is 34.2 Å². The molecule has 0 bridgehead atoms. The van der Waals surface area contributed by atoms with Crippen LogP contribution in [0.5, 0.6) is 0 Å². The molecule has 38 heavy (non-hydrogen) atoms. The Hall–Kier alpha value is -3.76. The van der Waals surface area contributed by atoms with Crippen LogP contribution in [0.4, 0.5) is 9.59 Å². The number of hydrogen-bond acceptors (Lipinski definition) is 8. The van der Waals surface area contributed by atoms with Crippen LogP contribution in [0, 0.1) is 0 Å². The van der Waals surface area contributed by atoms with Gasteiger partial charge in [-0.15, -0.1) is 22.7 Å². The minimum absolute atomic E-state index is 0.179. The van der Waals surface area contributed by atoms with Crippen LogP contribution < -0.4 is 10.6 Å². The zero-order valence-electron chi connectivity index (χ0n) is 20.8. The molecule has 0 aliphatic heterocycles. The topological polar surface area (TPSA) is 102 Å². The first-order valence-corrected chi connectivity index (χ1v) is 14.1. The van der Waals surface area contributed by atoms with E-state index in [1.165, 1.54) is 22.7 Å². The highest BCUT2D eigenvalue weighted by Gasteiger charge is 2.20. The second kappa shape index (κ2) is 14.8. The number of aromatic nitrogens is 2. The van der Waals surface area contributed by atoms with Gasteiger partial charge in [-0.3, -0.25) is 9.97 Å². The van der Waals surface area contributed by atoms with Crippen LogP contribution in [0.15, 0.2) is 84.1 Å². The molecule has 2 atom stereocenters. The van der Waals surface area contributed by atoms with Crippen LogP contribution in [0.1, 0.15) is 33.7 Å².